The number of carbonyl (C=O) groups excluding carboxylic acids is 2. The highest BCUT2D eigenvalue weighted by molar-refractivity contribution is 5.93. The topological polar surface area (TPSA) is 100 Å². The Morgan fingerprint density at radius 1 is 1.27 bits per heavy atom. The van der Waals surface area contributed by atoms with Gasteiger partial charge < -0.3 is 15.3 Å². The Bertz CT molecular complexity index is 546. The maximum atomic E-state index is 12.2. The van der Waals surface area contributed by atoms with Crippen LogP contribution in [0.4, 0.5) is 5.82 Å². The van der Waals surface area contributed by atoms with Gasteiger partial charge in [-0.05, 0) is 31.6 Å². The smallest absolute Gasteiger partial charge is 0.244 e. The van der Waals surface area contributed by atoms with Gasteiger partial charge in [-0.1, -0.05) is 5.21 Å². The van der Waals surface area contributed by atoms with E-state index in [1.807, 2.05) is 0 Å². The zero-order chi connectivity index (χ0) is 15.5. The number of carbonyl (C=O) groups is 2. The Hall–Kier alpha value is -1.96. The molecule has 2 N–H and O–H groups in total. The molecule has 2 heterocycles. The Kier molecular flexibility index (Phi) is 4.37. The predicted octanol–water partition coefficient (Wildman–Crippen LogP) is -0.143. The van der Waals surface area contributed by atoms with Crippen LogP contribution in [-0.4, -0.2) is 56.5 Å². The summed E-state index contributed by atoms with van der Waals surface area (Å²) in [5.74, 6) is 0.772. The second-order valence-corrected chi connectivity index (χ2v) is 6.07. The lowest BCUT2D eigenvalue weighted by Crippen LogP contribution is -2.40. The van der Waals surface area contributed by atoms with Gasteiger partial charge in [-0.2, -0.15) is 0 Å². The van der Waals surface area contributed by atoms with Crippen LogP contribution in [0.1, 0.15) is 25.7 Å². The number of rotatable bonds is 5. The SMILES string of the molecule is O=C(Nc1cn(CC(=O)N2CCC(CO)CC2)nn1)C1CC1. The molecule has 0 bridgehead atoms. The summed E-state index contributed by atoms with van der Waals surface area (Å²) < 4.78 is 1.45. The van der Waals surface area contributed by atoms with Crippen LogP contribution in [0, 0.1) is 11.8 Å². The molecule has 1 aromatic rings. The molecule has 0 radical (unpaired) electrons. The molecule has 2 aliphatic rings. The van der Waals surface area contributed by atoms with Gasteiger partial charge in [-0.15, -0.1) is 5.10 Å². The van der Waals surface area contributed by atoms with E-state index in [4.69, 9.17) is 5.11 Å². The first kappa shape index (κ1) is 15.0. The van der Waals surface area contributed by atoms with Crippen molar-refractivity contribution in [2.45, 2.75) is 32.2 Å². The Morgan fingerprint density at radius 3 is 2.64 bits per heavy atom. The zero-order valence-corrected chi connectivity index (χ0v) is 12.4. The molecule has 1 aliphatic heterocycles. The lowest BCUT2D eigenvalue weighted by Gasteiger charge is -2.31. The van der Waals surface area contributed by atoms with Crippen LogP contribution in [0.5, 0.6) is 0 Å². The minimum absolute atomic E-state index is 0.0126. The fourth-order valence-electron chi connectivity index (χ4n) is 2.61. The number of aliphatic hydroxyl groups is 1. The van der Waals surface area contributed by atoms with Crippen molar-refractivity contribution < 1.29 is 14.7 Å². The standard InChI is InChI=1S/C14H21N5O3/c20-9-10-3-5-18(6-4-10)13(21)8-19-7-12(16-17-19)15-14(22)11-1-2-11/h7,10-11,20H,1-6,8-9H2,(H,15,22). The summed E-state index contributed by atoms with van der Waals surface area (Å²) >= 11 is 0. The van der Waals surface area contributed by atoms with Crippen molar-refractivity contribution in [1.29, 1.82) is 0 Å². The van der Waals surface area contributed by atoms with Gasteiger partial charge >= 0.3 is 0 Å². The normalized spacial score (nSPS) is 19.2. The molecular weight excluding hydrogens is 286 g/mol. The highest BCUT2D eigenvalue weighted by Crippen LogP contribution is 2.29. The van der Waals surface area contributed by atoms with Crippen LogP contribution in [-0.2, 0) is 16.1 Å². The molecule has 0 aromatic carbocycles. The van der Waals surface area contributed by atoms with E-state index in [1.165, 1.54) is 4.68 Å². The van der Waals surface area contributed by atoms with Gasteiger partial charge in [-0.25, -0.2) is 4.68 Å². The first-order valence-corrected chi connectivity index (χ1v) is 7.75. The van der Waals surface area contributed by atoms with Gasteiger partial charge in [0, 0.05) is 25.6 Å². The van der Waals surface area contributed by atoms with Crippen LogP contribution in [0.2, 0.25) is 0 Å². The summed E-state index contributed by atoms with van der Waals surface area (Å²) in [4.78, 5) is 25.6. The number of nitrogens with zero attached hydrogens (tertiary/aromatic N) is 4. The molecule has 0 unspecified atom stereocenters. The van der Waals surface area contributed by atoms with Crippen molar-refractivity contribution >= 4 is 17.6 Å². The summed E-state index contributed by atoms with van der Waals surface area (Å²) in [6.07, 6.45) is 5.12. The third-order valence-electron chi connectivity index (χ3n) is 4.26. The van der Waals surface area contributed by atoms with Crippen molar-refractivity contribution in [3.8, 4) is 0 Å². The molecule has 0 atom stereocenters. The number of aromatic nitrogens is 3. The second kappa shape index (κ2) is 6.43. The first-order valence-electron chi connectivity index (χ1n) is 7.75. The van der Waals surface area contributed by atoms with Crippen LogP contribution in [0.25, 0.3) is 0 Å². The van der Waals surface area contributed by atoms with Crippen LogP contribution in [0.3, 0.4) is 0 Å². The van der Waals surface area contributed by atoms with E-state index >= 15 is 0 Å². The Balaban J connectivity index is 1.49. The van der Waals surface area contributed by atoms with E-state index < -0.39 is 0 Å². The van der Waals surface area contributed by atoms with Crippen LogP contribution >= 0.6 is 0 Å². The molecule has 22 heavy (non-hydrogen) atoms. The monoisotopic (exact) mass is 307 g/mol. The second-order valence-electron chi connectivity index (χ2n) is 6.07. The van der Waals surface area contributed by atoms with Gasteiger partial charge in [0.2, 0.25) is 11.8 Å². The Morgan fingerprint density at radius 2 is 2.00 bits per heavy atom. The van der Waals surface area contributed by atoms with Gasteiger partial charge in [-0.3, -0.25) is 9.59 Å². The van der Waals surface area contributed by atoms with Crippen LogP contribution in [0.15, 0.2) is 6.20 Å². The summed E-state index contributed by atoms with van der Waals surface area (Å²) in [6.45, 7) is 1.65. The lowest BCUT2D eigenvalue weighted by molar-refractivity contribution is -0.133. The van der Waals surface area contributed by atoms with Crippen molar-refractivity contribution in [2.24, 2.45) is 11.8 Å². The molecule has 1 saturated heterocycles. The van der Waals surface area contributed by atoms with E-state index in [0.717, 1.165) is 25.7 Å². The number of nitrogens with one attached hydrogen (secondary N) is 1. The minimum atomic E-state index is -0.0237. The highest BCUT2D eigenvalue weighted by Gasteiger charge is 2.30. The van der Waals surface area contributed by atoms with E-state index in [1.54, 1.807) is 11.1 Å². The summed E-state index contributed by atoms with van der Waals surface area (Å²) in [5, 5.41) is 19.6. The van der Waals surface area contributed by atoms with Crippen molar-refractivity contribution in [1.82, 2.24) is 19.9 Å². The maximum Gasteiger partial charge on any atom is 0.244 e. The maximum absolute atomic E-state index is 12.2. The number of hydrogen-bond acceptors (Lipinski definition) is 5. The molecule has 0 spiro atoms. The number of piperidine rings is 1. The number of anilines is 1. The summed E-state index contributed by atoms with van der Waals surface area (Å²) in [6, 6.07) is 0. The molecular formula is C14H21N5O3. The number of likely N-dealkylation sites (tertiary alicyclic amines) is 1. The van der Waals surface area contributed by atoms with Crippen LogP contribution < -0.4 is 5.32 Å². The minimum Gasteiger partial charge on any atom is -0.396 e. The third kappa shape index (κ3) is 3.62. The Labute approximate surface area is 128 Å². The zero-order valence-electron chi connectivity index (χ0n) is 12.4. The summed E-state index contributed by atoms with van der Waals surface area (Å²) in [7, 11) is 0. The van der Waals surface area contributed by atoms with Gasteiger partial charge in [0.05, 0.1) is 6.20 Å². The molecule has 1 aromatic heterocycles. The molecule has 8 nitrogen and oxygen atoms in total. The predicted molar refractivity (Wildman–Crippen MR) is 77.8 cm³/mol. The highest BCUT2D eigenvalue weighted by atomic mass is 16.3. The number of hydrogen-bond donors (Lipinski definition) is 2. The largest absolute Gasteiger partial charge is 0.396 e. The van der Waals surface area contributed by atoms with Gasteiger partial charge in [0.25, 0.3) is 0 Å². The fourth-order valence-corrected chi connectivity index (χ4v) is 2.61. The molecule has 3 rings (SSSR count). The quantitative estimate of drug-likeness (QED) is 0.788. The van der Waals surface area contributed by atoms with Crippen molar-refractivity contribution in [3.63, 3.8) is 0 Å². The van der Waals surface area contributed by atoms with E-state index in [-0.39, 0.29) is 30.9 Å². The average Bonchev–Trinajstić information content (AvgIpc) is 3.30. The third-order valence-corrected chi connectivity index (χ3v) is 4.26. The molecule has 120 valence electrons. The number of amides is 2. The van der Waals surface area contributed by atoms with E-state index in [9.17, 15) is 9.59 Å². The van der Waals surface area contributed by atoms with Gasteiger partial charge in [0.15, 0.2) is 5.82 Å². The molecule has 1 saturated carbocycles. The fraction of sp³-hybridized carbons (Fsp3) is 0.714. The average molecular weight is 307 g/mol. The first-order chi connectivity index (χ1) is 10.7. The molecule has 8 heteroatoms. The van der Waals surface area contributed by atoms with E-state index in [2.05, 4.69) is 15.6 Å². The van der Waals surface area contributed by atoms with Gasteiger partial charge in [0.1, 0.15) is 6.54 Å². The molecule has 1 aliphatic carbocycles. The summed E-state index contributed by atoms with van der Waals surface area (Å²) in [5.41, 5.74) is 0. The van der Waals surface area contributed by atoms with Crippen molar-refractivity contribution in [2.75, 3.05) is 25.0 Å². The lowest BCUT2D eigenvalue weighted by atomic mass is 9.98. The molecule has 2 fully saturated rings. The van der Waals surface area contributed by atoms with E-state index in [0.29, 0.717) is 24.8 Å². The van der Waals surface area contributed by atoms with Crippen molar-refractivity contribution in [3.05, 3.63) is 6.20 Å². The molecule has 2 amide bonds. The number of aliphatic hydroxyl groups excluding tert-OH is 1.